The molecule has 1 N–H and O–H groups in total. The molecule has 0 bridgehead atoms. The first-order chi connectivity index (χ1) is 13.8. The predicted octanol–water partition coefficient (Wildman–Crippen LogP) is 6.29. The van der Waals surface area contributed by atoms with Crippen LogP contribution in [0.5, 0.6) is 0 Å². The highest BCUT2D eigenvalue weighted by molar-refractivity contribution is 6.03. The first-order valence-corrected chi connectivity index (χ1v) is 12.3. The zero-order valence-electron chi connectivity index (χ0n) is 22.8. The molecule has 31 heavy (non-hydrogen) atoms. The minimum atomic E-state index is -0.195. The van der Waals surface area contributed by atoms with Crippen molar-refractivity contribution in [1.82, 2.24) is 10.2 Å². The second-order valence-corrected chi connectivity index (χ2v) is 13.8. The summed E-state index contributed by atoms with van der Waals surface area (Å²) in [5.74, 6) is -0.159. The normalized spacial score (nSPS) is 19.5. The van der Waals surface area contributed by atoms with E-state index < -0.39 is 0 Å². The lowest BCUT2D eigenvalue weighted by Gasteiger charge is -2.51. The van der Waals surface area contributed by atoms with Crippen molar-refractivity contribution in [3.05, 3.63) is 0 Å². The number of likely N-dealkylation sites (tertiary alicyclic amines) is 1. The quantitative estimate of drug-likeness (QED) is 0.306. The Morgan fingerprint density at radius 2 is 1.42 bits per heavy atom. The summed E-state index contributed by atoms with van der Waals surface area (Å²) in [6.45, 7) is 29.5. The number of nitrogens with zero attached hydrogens (tertiary/aromatic N) is 1. The number of rotatable bonds is 11. The number of carbonyl (C=O) groups is 2. The van der Waals surface area contributed by atoms with E-state index in [0.29, 0.717) is 13.0 Å². The molecule has 0 aliphatic carbocycles. The number of hydrogen-bond acceptors (Lipinski definition) is 3. The van der Waals surface area contributed by atoms with Crippen molar-refractivity contribution < 1.29 is 9.59 Å². The first kappa shape index (κ1) is 28.1. The van der Waals surface area contributed by atoms with E-state index >= 15 is 0 Å². The van der Waals surface area contributed by atoms with Crippen LogP contribution in [0.25, 0.3) is 0 Å². The molecule has 2 amide bonds. The zero-order chi connectivity index (χ0) is 24.5. The maximum Gasteiger partial charge on any atom is 0.232 e. The van der Waals surface area contributed by atoms with Gasteiger partial charge in [0.25, 0.3) is 0 Å². The second-order valence-electron chi connectivity index (χ2n) is 13.8. The molecule has 0 aromatic carbocycles. The van der Waals surface area contributed by atoms with Crippen molar-refractivity contribution in [2.24, 2.45) is 33.0 Å². The number of carbonyl (C=O) groups excluding carboxylic acids is 2. The highest BCUT2D eigenvalue weighted by atomic mass is 16.2. The summed E-state index contributed by atoms with van der Waals surface area (Å²) < 4.78 is 0. The van der Waals surface area contributed by atoms with Crippen LogP contribution >= 0.6 is 0 Å². The first-order valence-electron chi connectivity index (χ1n) is 12.3. The van der Waals surface area contributed by atoms with Crippen LogP contribution in [-0.2, 0) is 9.59 Å². The molecule has 1 saturated heterocycles. The van der Waals surface area contributed by atoms with Crippen molar-refractivity contribution in [2.45, 2.75) is 109 Å². The van der Waals surface area contributed by atoms with Gasteiger partial charge < -0.3 is 5.32 Å². The number of hydrogen-bond donors (Lipinski definition) is 1. The van der Waals surface area contributed by atoms with Crippen LogP contribution < -0.4 is 5.32 Å². The van der Waals surface area contributed by atoms with Crippen LogP contribution in [0.1, 0.15) is 109 Å². The molecule has 0 spiro atoms. The smallest absolute Gasteiger partial charge is 0.232 e. The predicted molar refractivity (Wildman–Crippen MR) is 132 cm³/mol. The van der Waals surface area contributed by atoms with E-state index in [1.807, 2.05) is 0 Å². The van der Waals surface area contributed by atoms with E-state index in [-0.39, 0.29) is 44.8 Å². The summed E-state index contributed by atoms with van der Waals surface area (Å²) >= 11 is 0. The van der Waals surface area contributed by atoms with Gasteiger partial charge in [-0.05, 0) is 52.9 Å². The van der Waals surface area contributed by atoms with Crippen molar-refractivity contribution >= 4 is 11.8 Å². The highest BCUT2D eigenvalue weighted by Gasteiger charge is 2.49. The van der Waals surface area contributed by atoms with E-state index in [9.17, 15) is 9.59 Å². The standard InChI is InChI=1S/C27H52N2O2/c1-13-14-28-18-24(5,6)19-29-21(30)15-20(22(29)31)16-25(7,8)27(11,12)17-26(9,10)23(2,3)4/h20,28H,13-19H2,1-12H3. The lowest BCUT2D eigenvalue weighted by atomic mass is 9.54. The van der Waals surface area contributed by atoms with Crippen molar-refractivity contribution in [1.29, 1.82) is 0 Å². The van der Waals surface area contributed by atoms with Gasteiger partial charge in [-0.15, -0.1) is 0 Å². The van der Waals surface area contributed by atoms with Crippen molar-refractivity contribution in [3.8, 4) is 0 Å². The van der Waals surface area contributed by atoms with Gasteiger partial charge in [0.15, 0.2) is 0 Å². The lowest BCUT2D eigenvalue weighted by Crippen LogP contribution is -2.44. The van der Waals surface area contributed by atoms with Crippen molar-refractivity contribution in [2.75, 3.05) is 19.6 Å². The molecule has 0 radical (unpaired) electrons. The van der Waals surface area contributed by atoms with E-state index in [1.165, 1.54) is 0 Å². The Hall–Kier alpha value is -0.900. The molecule has 0 aromatic heterocycles. The molecule has 182 valence electrons. The molecule has 1 fully saturated rings. The fourth-order valence-electron chi connectivity index (χ4n) is 4.67. The zero-order valence-corrected chi connectivity index (χ0v) is 22.8. The molecule has 0 saturated carbocycles. The van der Waals surface area contributed by atoms with Gasteiger partial charge in [0.05, 0.1) is 0 Å². The SMILES string of the molecule is CCCNCC(C)(C)CN1C(=O)CC(CC(C)(C)C(C)(C)CC(C)(C)C(C)(C)C)C1=O. The van der Waals surface area contributed by atoms with Gasteiger partial charge in [-0.1, -0.05) is 83.1 Å². The van der Waals surface area contributed by atoms with Crippen molar-refractivity contribution in [3.63, 3.8) is 0 Å². The molecule has 4 heteroatoms. The molecule has 1 aliphatic rings. The minimum Gasteiger partial charge on any atom is -0.316 e. The van der Waals surface area contributed by atoms with Crippen LogP contribution in [-0.4, -0.2) is 36.3 Å². The van der Waals surface area contributed by atoms with Gasteiger partial charge in [-0.2, -0.15) is 0 Å². The molecular weight excluding hydrogens is 384 g/mol. The summed E-state index contributed by atoms with van der Waals surface area (Å²) in [6, 6.07) is 0. The summed E-state index contributed by atoms with van der Waals surface area (Å²) in [7, 11) is 0. The molecule has 1 heterocycles. The molecule has 1 aliphatic heterocycles. The largest absolute Gasteiger partial charge is 0.316 e. The molecule has 1 atom stereocenters. The van der Waals surface area contributed by atoms with Gasteiger partial charge in [0.1, 0.15) is 0 Å². The molecule has 1 unspecified atom stereocenters. The Morgan fingerprint density at radius 3 is 1.90 bits per heavy atom. The van der Waals surface area contributed by atoms with Gasteiger partial charge in [0.2, 0.25) is 11.8 Å². The molecule has 4 nitrogen and oxygen atoms in total. The van der Waals surface area contributed by atoms with Gasteiger partial charge in [0, 0.05) is 25.4 Å². The lowest BCUT2D eigenvalue weighted by molar-refractivity contribution is -0.141. The number of imide groups is 1. The highest BCUT2D eigenvalue weighted by Crippen LogP contribution is 2.54. The number of nitrogens with one attached hydrogen (secondary N) is 1. The molecular formula is C27H52N2O2. The molecule has 0 aromatic rings. The Bertz CT molecular complexity index is 638. The monoisotopic (exact) mass is 436 g/mol. The van der Waals surface area contributed by atoms with Gasteiger partial charge in [-0.25, -0.2) is 0 Å². The summed E-state index contributed by atoms with van der Waals surface area (Å²) in [4.78, 5) is 27.6. The van der Waals surface area contributed by atoms with Gasteiger partial charge in [-0.3, -0.25) is 14.5 Å². The average molecular weight is 437 g/mol. The minimum absolute atomic E-state index is 0.00203. The fraction of sp³-hybridized carbons (Fsp3) is 0.926. The third kappa shape index (κ3) is 7.04. The van der Waals surface area contributed by atoms with Crippen LogP contribution in [0, 0.1) is 33.0 Å². The third-order valence-electron chi connectivity index (χ3n) is 8.46. The van der Waals surface area contributed by atoms with Crippen LogP contribution in [0.3, 0.4) is 0 Å². The Balaban J connectivity index is 2.90. The summed E-state index contributed by atoms with van der Waals surface area (Å²) in [5, 5.41) is 3.43. The van der Waals surface area contributed by atoms with Crippen LogP contribution in [0.4, 0.5) is 0 Å². The van der Waals surface area contributed by atoms with E-state index in [1.54, 1.807) is 4.90 Å². The molecule has 1 rings (SSSR count). The topological polar surface area (TPSA) is 49.4 Å². The second kappa shape index (κ2) is 9.53. The Kier molecular flexibility index (Phi) is 8.65. The summed E-state index contributed by atoms with van der Waals surface area (Å²) in [5.41, 5.74) is 0.244. The number of amides is 2. The third-order valence-corrected chi connectivity index (χ3v) is 8.46. The Labute approximate surface area is 193 Å². The maximum atomic E-state index is 13.3. The average Bonchev–Trinajstić information content (AvgIpc) is 2.79. The Morgan fingerprint density at radius 1 is 0.871 bits per heavy atom. The fourth-order valence-corrected chi connectivity index (χ4v) is 4.67. The van der Waals surface area contributed by atoms with E-state index in [2.05, 4.69) is 88.4 Å². The van der Waals surface area contributed by atoms with E-state index in [0.717, 1.165) is 32.4 Å². The van der Waals surface area contributed by atoms with Gasteiger partial charge >= 0.3 is 0 Å². The maximum absolute atomic E-state index is 13.3. The summed E-state index contributed by atoms with van der Waals surface area (Å²) in [6.07, 6.45) is 3.27. The van der Waals surface area contributed by atoms with Crippen LogP contribution in [0.2, 0.25) is 0 Å². The van der Waals surface area contributed by atoms with Crippen LogP contribution in [0.15, 0.2) is 0 Å². The van der Waals surface area contributed by atoms with E-state index in [4.69, 9.17) is 0 Å².